The van der Waals surface area contributed by atoms with E-state index in [2.05, 4.69) is 4.90 Å². The predicted molar refractivity (Wildman–Crippen MR) is 74.1 cm³/mol. The second-order valence-corrected chi connectivity index (χ2v) is 5.21. The highest BCUT2D eigenvalue weighted by Crippen LogP contribution is 2.08. The first-order chi connectivity index (χ1) is 9.31. The summed E-state index contributed by atoms with van der Waals surface area (Å²) in [5.74, 6) is 0. The normalized spacial score (nSPS) is 21.7. The van der Waals surface area contributed by atoms with Crippen LogP contribution in [0.25, 0.3) is 0 Å². The molecule has 0 unspecified atom stereocenters. The molecule has 2 aliphatic rings. The maximum Gasteiger partial charge on any atom is 0.320 e. The molecule has 2 N–H and O–H groups in total. The number of unbranched alkanes of at least 4 members (excludes halogenated alkanes) is 1. The van der Waals surface area contributed by atoms with E-state index in [0.29, 0.717) is 13.2 Å². The number of morpholine rings is 1. The number of piperazine rings is 1. The number of ether oxygens (including phenoxy) is 1. The molecule has 2 amide bonds. The van der Waals surface area contributed by atoms with E-state index in [9.17, 15) is 4.79 Å². The third kappa shape index (κ3) is 4.33. The molecule has 2 rings (SSSR count). The van der Waals surface area contributed by atoms with Crippen molar-refractivity contribution < 1.29 is 9.53 Å². The van der Waals surface area contributed by atoms with Gasteiger partial charge in [-0.3, -0.25) is 4.90 Å². The largest absolute Gasteiger partial charge is 0.378 e. The van der Waals surface area contributed by atoms with Crippen molar-refractivity contribution in [3.63, 3.8) is 0 Å². The Kier molecular flexibility index (Phi) is 5.88. The van der Waals surface area contributed by atoms with Gasteiger partial charge >= 0.3 is 6.03 Å². The lowest BCUT2D eigenvalue weighted by molar-refractivity contribution is 0.0376. The molecule has 0 atom stereocenters. The van der Waals surface area contributed by atoms with Crippen molar-refractivity contribution >= 4 is 6.03 Å². The van der Waals surface area contributed by atoms with Gasteiger partial charge in [-0.15, -0.1) is 0 Å². The number of amides is 2. The van der Waals surface area contributed by atoms with Gasteiger partial charge in [-0.05, 0) is 25.9 Å². The molecule has 0 aromatic rings. The molecule has 0 aliphatic carbocycles. The molecule has 6 heteroatoms. The van der Waals surface area contributed by atoms with Gasteiger partial charge in [0.2, 0.25) is 0 Å². The van der Waals surface area contributed by atoms with Gasteiger partial charge in [-0.25, -0.2) is 4.79 Å². The van der Waals surface area contributed by atoms with E-state index < -0.39 is 0 Å². The van der Waals surface area contributed by atoms with Crippen LogP contribution in [0.1, 0.15) is 12.8 Å². The Morgan fingerprint density at radius 3 is 2.21 bits per heavy atom. The second kappa shape index (κ2) is 7.67. The Labute approximate surface area is 115 Å². The molecule has 0 saturated carbocycles. The molecular weight excluding hydrogens is 244 g/mol. The monoisotopic (exact) mass is 270 g/mol. The van der Waals surface area contributed by atoms with Gasteiger partial charge < -0.3 is 20.3 Å². The average Bonchev–Trinajstić information content (AvgIpc) is 2.48. The van der Waals surface area contributed by atoms with Crippen LogP contribution in [0.5, 0.6) is 0 Å². The lowest BCUT2D eigenvalue weighted by Crippen LogP contribution is -2.54. The van der Waals surface area contributed by atoms with Crippen molar-refractivity contribution in [3.05, 3.63) is 0 Å². The topological polar surface area (TPSA) is 62.0 Å². The molecule has 110 valence electrons. The number of carbonyl (C=O) groups is 1. The number of urea groups is 1. The third-order valence-corrected chi connectivity index (χ3v) is 3.85. The Bertz CT molecular complexity index is 274. The lowest BCUT2D eigenvalue weighted by atomic mass is 10.2. The van der Waals surface area contributed by atoms with Crippen LogP contribution in [-0.2, 0) is 4.74 Å². The van der Waals surface area contributed by atoms with E-state index in [1.54, 1.807) is 0 Å². The first-order valence-electron chi connectivity index (χ1n) is 7.35. The van der Waals surface area contributed by atoms with Crippen molar-refractivity contribution in [2.45, 2.75) is 12.8 Å². The van der Waals surface area contributed by atoms with Crippen LogP contribution in [0, 0.1) is 0 Å². The zero-order chi connectivity index (χ0) is 13.5. The van der Waals surface area contributed by atoms with Crippen LogP contribution < -0.4 is 5.73 Å². The highest BCUT2D eigenvalue weighted by molar-refractivity contribution is 5.74. The molecule has 6 nitrogen and oxygen atoms in total. The minimum absolute atomic E-state index is 0.185. The van der Waals surface area contributed by atoms with Crippen LogP contribution in [-0.4, -0.2) is 86.3 Å². The van der Waals surface area contributed by atoms with Crippen LogP contribution >= 0.6 is 0 Å². The summed E-state index contributed by atoms with van der Waals surface area (Å²) in [6.45, 7) is 8.35. The van der Waals surface area contributed by atoms with E-state index in [0.717, 1.165) is 65.2 Å². The van der Waals surface area contributed by atoms with Gasteiger partial charge in [0.25, 0.3) is 0 Å². The van der Waals surface area contributed by atoms with Crippen molar-refractivity contribution in [1.82, 2.24) is 14.7 Å². The Morgan fingerprint density at radius 1 is 0.947 bits per heavy atom. The zero-order valence-corrected chi connectivity index (χ0v) is 11.7. The summed E-state index contributed by atoms with van der Waals surface area (Å²) in [6.07, 6.45) is 2.25. The summed E-state index contributed by atoms with van der Waals surface area (Å²) >= 11 is 0. The van der Waals surface area contributed by atoms with Crippen molar-refractivity contribution in [3.8, 4) is 0 Å². The first kappa shape index (κ1) is 14.6. The van der Waals surface area contributed by atoms with Gasteiger partial charge in [0.15, 0.2) is 0 Å². The van der Waals surface area contributed by atoms with Crippen LogP contribution in [0.15, 0.2) is 0 Å². The third-order valence-electron chi connectivity index (χ3n) is 3.85. The Morgan fingerprint density at radius 2 is 1.58 bits per heavy atom. The Balaban J connectivity index is 1.68. The molecule has 0 radical (unpaired) electrons. The number of nitrogens with two attached hydrogens (primary N) is 1. The standard InChI is InChI=1S/C13H26N4O2/c14-3-1-2-4-15-5-7-16(8-6-15)13(18)17-9-11-19-12-10-17/h1-12,14H2. The molecule has 2 aliphatic heterocycles. The highest BCUT2D eigenvalue weighted by atomic mass is 16.5. The van der Waals surface area contributed by atoms with E-state index in [1.807, 2.05) is 9.80 Å². The first-order valence-corrected chi connectivity index (χ1v) is 7.35. The summed E-state index contributed by atoms with van der Waals surface area (Å²) in [6, 6.07) is 0.185. The van der Waals surface area contributed by atoms with Gasteiger partial charge in [-0.2, -0.15) is 0 Å². The summed E-state index contributed by atoms with van der Waals surface area (Å²) in [5.41, 5.74) is 5.50. The van der Waals surface area contributed by atoms with Gasteiger partial charge in [-0.1, -0.05) is 0 Å². The summed E-state index contributed by atoms with van der Waals surface area (Å²) in [4.78, 5) is 18.6. The fourth-order valence-electron chi connectivity index (χ4n) is 2.60. The molecule has 19 heavy (non-hydrogen) atoms. The Hall–Kier alpha value is -0.850. The van der Waals surface area contributed by atoms with Gasteiger partial charge in [0, 0.05) is 39.3 Å². The molecular formula is C13H26N4O2. The summed E-state index contributed by atoms with van der Waals surface area (Å²) in [5, 5.41) is 0. The van der Waals surface area contributed by atoms with Crippen LogP contribution in [0.3, 0.4) is 0 Å². The minimum Gasteiger partial charge on any atom is -0.378 e. The van der Waals surface area contributed by atoms with E-state index >= 15 is 0 Å². The quantitative estimate of drug-likeness (QED) is 0.718. The fourth-order valence-corrected chi connectivity index (χ4v) is 2.60. The minimum atomic E-state index is 0.185. The van der Waals surface area contributed by atoms with Crippen LogP contribution in [0.4, 0.5) is 4.79 Å². The molecule has 2 saturated heterocycles. The second-order valence-electron chi connectivity index (χ2n) is 5.21. The number of hydrogen-bond donors (Lipinski definition) is 1. The SMILES string of the molecule is NCCCCN1CCN(C(=O)N2CCOCC2)CC1. The maximum absolute atomic E-state index is 12.3. The smallest absolute Gasteiger partial charge is 0.320 e. The number of carbonyl (C=O) groups excluding carboxylic acids is 1. The molecule has 0 aromatic heterocycles. The molecule has 0 aromatic carbocycles. The number of hydrogen-bond acceptors (Lipinski definition) is 4. The van der Waals surface area contributed by atoms with Crippen molar-refractivity contribution in [2.75, 3.05) is 65.6 Å². The van der Waals surface area contributed by atoms with Crippen LogP contribution in [0.2, 0.25) is 0 Å². The lowest BCUT2D eigenvalue weighted by Gasteiger charge is -2.38. The van der Waals surface area contributed by atoms with E-state index in [1.165, 1.54) is 0 Å². The molecule has 0 spiro atoms. The summed E-state index contributed by atoms with van der Waals surface area (Å²) < 4.78 is 5.28. The maximum atomic E-state index is 12.3. The average molecular weight is 270 g/mol. The predicted octanol–water partition coefficient (Wildman–Crippen LogP) is -0.205. The number of nitrogens with zero attached hydrogens (tertiary/aromatic N) is 3. The number of rotatable bonds is 4. The van der Waals surface area contributed by atoms with Gasteiger partial charge in [0.05, 0.1) is 13.2 Å². The van der Waals surface area contributed by atoms with E-state index in [-0.39, 0.29) is 6.03 Å². The van der Waals surface area contributed by atoms with Crippen molar-refractivity contribution in [1.29, 1.82) is 0 Å². The van der Waals surface area contributed by atoms with Crippen molar-refractivity contribution in [2.24, 2.45) is 5.73 Å². The molecule has 0 bridgehead atoms. The fraction of sp³-hybridized carbons (Fsp3) is 0.923. The molecule has 2 fully saturated rings. The van der Waals surface area contributed by atoms with E-state index in [4.69, 9.17) is 10.5 Å². The highest BCUT2D eigenvalue weighted by Gasteiger charge is 2.25. The zero-order valence-electron chi connectivity index (χ0n) is 11.7. The summed E-state index contributed by atoms with van der Waals surface area (Å²) in [7, 11) is 0. The molecule has 2 heterocycles. The van der Waals surface area contributed by atoms with Gasteiger partial charge in [0.1, 0.15) is 0 Å².